The minimum Gasteiger partial charge on any atom is -0.544 e. The van der Waals surface area contributed by atoms with Crippen molar-refractivity contribution in [2.75, 3.05) is 0 Å². The largest absolute Gasteiger partial charge is 0.544 e. The Bertz CT molecular complexity index is 502. The van der Waals surface area contributed by atoms with Crippen LogP contribution >= 0.6 is 0 Å². The molecule has 0 saturated carbocycles. The first-order chi connectivity index (χ1) is 9.62. The summed E-state index contributed by atoms with van der Waals surface area (Å²) < 4.78 is 6.29. The van der Waals surface area contributed by atoms with Gasteiger partial charge >= 0.3 is 0 Å². The third-order valence-corrected chi connectivity index (χ3v) is 9.37. The van der Waals surface area contributed by atoms with Crippen LogP contribution in [0.25, 0.3) is 0 Å². The van der Waals surface area contributed by atoms with Crippen LogP contribution in [-0.4, -0.2) is 8.32 Å². The minimum absolute atomic E-state index is 0.189. The van der Waals surface area contributed by atoms with Gasteiger partial charge in [-0.25, -0.2) is 0 Å². The maximum Gasteiger partial charge on any atom is 0.250 e. The molecule has 0 saturated heterocycles. The Kier molecular flexibility index (Phi) is 5.28. The Hall–Kier alpha value is -1.27. The second kappa shape index (κ2) is 6.23. The highest BCUT2D eigenvalue weighted by Gasteiger charge is 2.39. The van der Waals surface area contributed by atoms with Crippen molar-refractivity contribution >= 4 is 8.32 Å². The van der Waals surface area contributed by atoms with Gasteiger partial charge in [0.05, 0.1) is 11.5 Å². The molecule has 116 valence electrons. The van der Waals surface area contributed by atoms with Crippen molar-refractivity contribution < 1.29 is 4.43 Å². The van der Waals surface area contributed by atoms with E-state index in [1.54, 1.807) is 0 Å². The van der Waals surface area contributed by atoms with Gasteiger partial charge < -0.3 is 4.43 Å². The van der Waals surface area contributed by atoms with E-state index in [-0.39, 0.29) is 10.5 Å². The smallest absolute Gasteiger partial charge is 0.250 e. The van der Waals surface area contributed by atoms with Crippen LogP contribution in [0.15, 0.2) is 24.3 Å². The van der Waals surface area contributed by atoms with Crippen LogP contribution in [0.1, 0.15) is 53.0 Å². The summed E-state index contributed by atoms with van der Waals surface area (Å²) >= 11 is 0. The average molecular weight is 304 g/mol. The molecule has 0 aliphatic heterocycles. The van der Waals surface area contributed by atoms with Crippen molar-refractivity contribution in [1.29, 1.82) is 5.26 Å². The fourth-order valence-electron chi connectivity index (χ4n) is 2.17. The van der Waals surface area contributed by atoms with Crippen LogP contribution in [0, 0.1) is 11.3 Å². The van der Waals surface area contributed by atoms with Crippen LogP contribution in [0.4, 0.5) is 0 Å². The van der Waals surface area contributed by atoms with Gasteiger partial charge in [-0.3, -0.25) is 0 Å². The predicted molar refractivity (Wildman–Crippen MR) is 92.1 cm³/mol. The molecule has 0 bridgehead atoms. The number of benzene rings is 1. The van der Waals surface area contributed by atoms with Crippen molar-refractivity contribution in [2.45, 2.75) is 71.0 Å². The number of hydrogen-bond acceptors (Lipinski definition) is 2. The summed E-state index contributed by atoms with van der Waals surface area (Å²) in [5.74, 6) is 0.921. The van der Waals surface area contributed by atoms with E-state index in [1.165, 1.54) is 0 Å². The van der Waals surface area contributed by atoms with Crippen LogP contribution in [0.5, 0.6) is 5.75 Å². The molecule has 0 spiro atoms. The standard InChI is InChI=1S/C18H29NOSi/c1-8-18(9-2,14-19)15-10-12-16(13-11-15)20-21(6,7)17(3,4)5/h10-13H,8-9H2,1-7H3. The summed E-state index contributed by atoms with van der Waals surface area (Å²) in [5, 5.41) is 9.71. The first kappa shape index (κ1) is 17.8. The second-order valence-electron chi connectivity index (χ2n) is 7.29. The molecule has 0 aliphatic rings. The van der Waals surface area contributed by atoms with Gasteiger partial charge in [0.25, 0.3) is 0 Å². The second-order valence-corrected chi connectivity index (χ2v) is 12.0. The zero-order valence-corrected chi connectivity index (χ0v) is 15.6. The first-order valence-corrected chi connectivity index (χ1v) is 10.7. The van der Waals surface area contributed by atoms with Crippen molar-refractivity contribution in [1.82, 2.24) is 0 Å². The Labute approximate surface area is 131 Å². The fraction of sp³-hybridized carbons (Fsp3) is 0.611. The topological polar surface area (TPSA) is 33.0 Å². The minimum atomic E-state index is -1.80. The summed E-state index contributed by atoms with van der Waals surface area (Å²) in [5.41, 5.74) is 0.729. The van der Waals surface area contributed by atoms with Crippen LogP contribution in [0.3, 0.4) is 0 Å². The predicted octanol–water partition coefficient (Wildman–Crippen LogP) is 5.65. The molecule has 0 unspecified atom stereocenters. The van der Waals surface area contributed by atoms with E-state index in [9.17, 15) is 5.26 Å². The number of nitriles is 1. The third-order valence-electron chi connectivity index (χ3n) is 5.01. The molecule has 21 heavy (non-hydrogen) atoms. The van der Waals surface area contributed by atoms with Gasteiger partial charge in [0.2, 0.25) is 8.32 Å². The monoisotopic (exact) mass is 303 g/mol. The molecule has 1 rings (SSSR count). The average Bonchev–Trinajstić information content (AvgIpc) is 2.41. The van der Waals surface area contributed by atoms with Crippen molar-refractivity contribution in [3.63, 3.8) is 0 Å². The lowest BCUT2D eigenvalue weighted by atomic mass is 9.77. The molecule has 0 atom stereocenters. The Morgan fingerprint density at radius 1 is 1.05 bits per heavy atom. The van der Waals surface area contributed by atoms with Crippen LogP contribution in [0.2, 0.25) is 18.1 Å². The van der Waals surface area contributed by atoms with E-state index in [2.05, 4.69) is 65.9 Å². The molecule has 3 heteroatoms. The molecule has 0 heterocycles. The number of rotatable bonds is 5. The molecule has 2 nitrogen and oxygen atoms in total. The normalized spacial score (nSPS) is 12.9. The zero-order chi connectivity index (χ0) is 16.3. The van der Waals surface area contributed by atoms with Gasteiger partial charge in [0.1, 0.15) is 5.75 Å². The van der Waals surface area contributed by atoms with Crippen molar-refractivity contribution in [2.24, 2.45) is 0 Å². The van der Waals surface area contributed by atoms with E-state index >= 15 is 0 Å². The fourth-order valence-corrected chi connectivity index (χ4v) is 3.20. The van der Waals surface area contributed by atoms with Gasteiger partial charge in [-0.1, -0.05) is 46.8 Å². The van der Waals surface area contributed by atoms with Gasteiger partial charge in [0, 0.05) is 0 Å². The Morgan fingerprint density at radius 2 is 1.52 bits per heavy atom. The Morgan fingerprint density at radius 3 is 1.86 bits per heavy atom. The highest BCUT2D eigenvalue weighted by molar-refractivity contribution is 6.74. The first-order valence-electron chi connectivity index (χ1n) is 7.82. The molecule has 0 radical (unpaired) electrons. The molecular formula is C18H29NOSi. The molecule has 0 aromatic heterocycles. The SMILES string of the molecule is CCC(C#N)(CC)c1ccc(O[Si](C)(C)C(C)(C)C)cc1. The number of nitrogens with zero attached hydrogens (tertiary/aromatic N) is 1. The maximum atomic E-state index is 9.52. The molecule has 1 aromatic rings. The zero-order valence-electron chi connectivity index (χ0n) is 14.6. The van der Waals surface area contributed by atoms with E-state index in [1.807, 2.05) is 12.1 Å². The van der Waals surface area contributed by atoms with Gasteiger partial charge in [-0.15, -0.1) is 0 Å². The van der Waals surface area contributed by atoms with Gasteiger partial charge in [-0.05, 0) is 48.7 Å². The lowest BCUT2D eigenvalue weighted by Crippen LogP contribution is -2.43. The summed E-state index contributed by atoms with van der Waals surface area (Å²) in [6, 6.07) is 10.6. The molecule has 0 aliphatic carbocycles. The van der Waals surface area contributed by atoms with Crippen LogP contribution < -0.4 is 4.43 Å². The summed E-state index contributed by atoms with van der Waals surface area (Å²) in [6.45, 7) is 15.4. The lowest BCUT2D eigenvalue weighted by molar-refractivity contribution is 0.488. The third kappa shape index (κ3) is 3.68. The molecule has 0 fully saturated rings. The summed E-state index contributed by atoms with van der Waals surface area (Å²) in [4.78, 5) is 0. The maximum absolute atomic E-state index is 9.52. The van der Waals surface area contributed by atoms with Gasteiger partial charge in [0.15, 0.2) is 0 Å². The van der Waals surface area contributed by atoms with Crippen molar-refractivity contribution in [3.05, 3.63) is 29.8 Å². The van der Waals surface area contributed by atoms with Crippen LogP contribution in [-0.2, 0) is 5.41 Å². The highest BCUT2D eigenvalue weighted by Crippen LogP contribution is 2.38. The molecule has 1 aromatic carbocycles. The number of hydrogen-bond donors (Lipinski definition) is 0. The molecular weight excluding hydrogens is 274 g/mol. The van der Waals surface area contributed by atoms with E-state index in [4.69, 9.17) is 4.43 Å². The quantitative estimate of drug-likeness (QED) is 0.658. The van der Waals surface area contributed by atoms with E-state index < -0.39 is 8.32 Å². The molecule has 0 N–H and O–H groups in total. The van der Waals surface area contributed by atoms with E-state index in [0.29, 0.717) is 0 Å². The summed E-state index contributed by atoms with van der Waals surface area (Å²) in [6.07, 6.45) is 1.67. The Balaban J connectivity index is 3.02. The summed E-state index contributed by atoms with van der Waals surface area (Å²) in [7, 11) is -1.80. The van der Waals surface area contributed by atoms with E-state index in [0.717, 1.165) is 24.2 Å². The highest BCUT2D eigenvalue weighted by atomic mass is 28.4. The lowest BCUT2D eigenvalue weighted by Gasteiger charge is -2.36. The van der Waals surface area contributed by atoms with Crippen molar-refractivity contribution in [3.8, 4) is 11.8 Å². The van der Waals surface area contributed by atoms with Gasteiger partial charge in [-0.2, -0.15) is 5.26 Å². The molecule has 0 amide bonds.